The largest absolute Gasteiger partial charge is 0.491 e. The van der Waals surface area contributed by atoms with Crippen LogP contribution >= 0.6 is 11.8 Å². The zero-order valence-electron chi connectivity index (χ0n) is 12.8. The number of ether oxygens (including phenoxy) is 1. The van der Waals surface area contributed by atoms with Gasteiger partial charge in [-0.15, -0.1) is 0 Å². The fourth-order valence-corrected chi connectivity index (χ4v) is 3.27. The van der Waals surface area contributed by atoms with E-state index in [1.54, 1.807) is 0 Å². The highest BCUT2D eigenvalue weighted by atomic mass is 32.2. The van der Waals surface area contributed by atoms with Crippen LogP contribution in [0.4, 0.5) is 4.79 Å². The first-order chi connectivity index (χ1) is 11.6. The lowest BCUT2D eigenvalue weighted by molar-refractivity contribution is -0.118. The number of thioether (sulfide) groups is 1. The summed E-state index contributed by atoms with van der Waals surface area (Å²) < 4.78 is 5.54. The van der Waals surface area contributed by atoms with Crippen molar-refractivity contribution in [3.8, 4) is 5.75 Å². The second kappa shape index (κ2) is 7.51. The third-order valence-corrected chi connectivity index (χ3v) is 4.69. The molecule has 124 valence electrons. The van der Waals surface area contributed by atoms with Crippen molar-refractivity contribution in [1.82, 2.24) is 5.32 Å². The Labute approximate surface area is 144 Å². The summed E-state index contributed by atoms with van der Waals surface area (Å²) in [6.45, 7) is 0.165. The zero-order chi connectivity index (χ0) is 16.9. The molecule has 1 heterocycles. The van der Waals surface area contributed by atoms with Crippen molar-refractivity contribution in [2.45, 2.75) is 17.8 Å². The van der Waals surface area contributed by atoms with Crippen molar-refractivity contribution in [1.29, 1.82) is 0 Å². The number of nitrogens with one attached hydrogen (secondary N) is 1. The SMILES string of the molecule is O=C1NC(=O)C(Cc2ccc(C(O)COc3ccccc3)cc2)S1. The van der Waals surface area contributed by atoms with Crippen molar-refractivity contribution >= 4 is 22.9 Å². The Morgan fingerprint density at radius 3 is 2.42 bits per heavy atom. The van der Waals surface area contributed by atoms with Crippen LogP contribution in [0.3, 0.4) is 0 Å². The van der Waals surface area contributed by atoms with Crippen molar-refractivity contribution in [2.24, 2.45) is 0 Å². The summed E-state index contributed by atoms with van der Waals surface area (Å²) in [5, 5.41) is 11.8. The predicted octanol–water partition coefficient (Wildman–Crippen LogP) is 2.69. The second-order valence-electron chi connectivity index (χ2n) is 5.47. The van der Waals surface area contributed by atoms with Crippen LogP contribution in [0.25, 0.3) is 0 Å². The molecule has 2 N–H and O–H groups in total. The highest BCUT2D eigenvalue weighted by Gasteiger charge is 2.31. The molecule has 1 aliphatic rings. The molecule has 2 aromatic rings. The Morgan fingerprint density at radius 2 is 1.79 bits per heavy atom. The molecular formula is C18H17NO4S. The molecule has 2 aromatic carbocycles. The Balaban J connectivity index is 1.55. The number of rotatable bonds is 6. The van der Waals surface area contributed by atoms with E-state index in [-0.39, 0.29) is 23.0 Å². The Morgan fingerprint density at radius 1 is 1.08 bits per heavy atom. The number of benzene rings is 2. The summed E-state index contributed by atoms with van der Waals surface area (Å²) in [5.74, 6) is 0.465. The highest BCUT2D eigenvalue weighted by Crippen LogP contribution is 2.24. The van der Waals surface area contributed by atoms with Gasteiger partial charge in [0, 0.05) is 0 Å². The van der Waals surface area contributed by atoms with Crippen LogP contribution < -0.4 is 10.1 Å². The highest BCUT2D eigenvalue weighted by molar-refractivity contribution is 8.15. The molecule has 5 nitrogen and oxygen atoms in total. The van der Waals surface area contributed by atoms with Gasteiger partial charge in [0.05, 0.1) is 5.25 Å². The fraction of sp³-hybridized carbons (Fsp3) is 0.222. The molecule has 24 heavy (non-hydrogen) atoms. The lowest BCUT2D eigenvalue weighted by Crippen LogP contribution is -2.25. The second-order valence-corrected chi connectivity index (χ2v) is 6.64. The molecule has 6 heteroatoms. The third kappa shape index (κ3) is 4.15. The topological polar surface area (TPSA) is 75.6 Å². The smallest absolute Gasteiger partial charge is 0.286 e. The Hall–Kier alpha value is -2.31. The summed E-state index contributed by atoms with van der Waals surface area (Å²) in [6, 6.07) is 16.7. The minimum absolute atomic E-state index is 0.165. The Kier molecular flexibility index (Phi) is 5.17. The van der Waals surface area contributed by atoms with E-state index in [0.29, 0.717) is 12.2 Å². The molecule has 0 bridgehead atoms. The number of para-hydroxylation sites is 1. The van der Waals surface area contributed by atoms with Gasteiger partial charge in [0.1, 0.15) is 18.5 Å². The van der Waals surface area contributed by atoms with Crippen molar-refractivity contribution < 1.29 is 19.4 Å². The Bertz CT molecular complexity index is 718. The molecule has 0 aliphatic carbocycles. The van der Waals surface area contributed by atoms with Crippen LogP contribution in [-0.2, 0) is 11.2 Å². The first-order valence-electron chi connectivity index (χ1n) is 7.58. The number of aliphatic hydroxyl groups excluding tert-OH is 1. The van der Waals surface area contributed by atoms with E-state index >= 15 is 0 Å². The van der Waals surface area contributed by atoms with E-state index < -0.39 is 6.10 Å². The van der Waals surface area contributed by atoms with Gasteiger partial charge in [0.2, 0.25) is 5.91 Å². The van der Waals surface area contributed by atoms with Gasteiger partial charge in [0.15, 0.2) is 0 Å². The summed E-state index contributed by atoms with van der Waals surface area (Å²) in [4.78, 5) is 22.7. The van der Waals surface area contributed by atoms with Gasteiger partial charge in [0.25, 0.3) is 5.24 Å². The summed E-state index contributed by atoms with van der Waals surface area (Å²) in [7, 11) is 0. The monoisotopic (exact) mass is 343 g/mol. The molecule has 1 fully saturated rings. The van der Waals surface area contributed by atoms with Gasteiger partial charge in [-0.3, -0.25) is 14.9 Å². The number of aliphatic hydroxyl groups is 1. The first-order valence-corrected chi connectivity index (χ1v) is 8.46. The van der Waals surface area contributed by atoms with Gasteiger partial charge in [-0.1, -0.05) is 54.2 Å². The lowest BCUT2D eigenvalue weighted by atomic mass is 10.0. The molecule has 2 unspecified atom stereocenters. The summed E-state index contributed by atoms with van der Waals surface area (Å²) in [6.07, 6.45) is -0.246. The summed E-state index contributed by atoms with van der Waals surface area (Å²) in [5.41, 5.74) is 1.69. The molecule has 0 saturated carbocycles. The van der Waals surface area contributed by atoms with Gasteiger partial charge in [-0.05, 0) is 29.7 Å². The molecule has 0 radical (unpaired) electrons. The molecular weight excluding hydrogens is 326 g/mol. The van der Waals surface area contributed by atoms with Gasteiger partial charge in [-0.2, -0.15) is 0 Å². The molecule has 1 aliphatic heterocycles. The molecule has 0 aromatic heterocycles. The minimum Gasteiger partial charge on any atom is -0.491 e. The van der Waals surface area contributed by atoms with Crippen LogP contribution in [0.1, 0.15) is 17.2 Å². The normalized spacial score (nSPS) is 18.3. The average Bonchev–Trinajstić information content (AvgIpc) is 2.91. The van der Waals surface area contributed by atoms with E-state index in [1.165, 1.54) is 0 Å². The molecule has 0 spiro atoms. The van der Waals surface area contributed by atoms with E-state index in [0.717, 1.165) is 22.9 Å². The van der Waals surface area contributed by atoms with Crippen LogP contribution in [-0.4, -0.2) is 28.1 Å². The molecule has 3 rings (SSSR count). The molecule has 2 amide bonds. The third-order valence-electron chi connectivity index (χ3n) is 3.70. The van der Waals surface area contributed by atoms with Crippen LogP contribution in [0.5, 0.6) is 5.75 Å². The molecule has 2 atom stereocenters. The van der Waals surface area contributed by atoms with Crippen molar-refractivity contribution in [3.05, 3.63) is 65.7 Å². The van der Waals surface area contributed by atoms with E-state index in [1.807, 2.05) is 54.6 Å². The summed E-state index contributed by atoms with van der Waals surface area (Å²) >= 11 is 1.02. The average molecular weight is 343 g/mol. The van der Waals surface area contributed by atoms with E-state index in [4.69, 9.17) is 4.74 Å². The van der Waals surface area contributed by atoms with Gasteiger partial charge >= 0.3 is 0 Å². The van der Waals surface area contributed by atoms with E-state index in [2.05, 4.69) is 5.32 Å². The van der Waals surface area contributed by atoms with Gasteiger partial charge in [-0.25, -0.2) is 0 Å². The number of amides is 2. The zero-order valence-corrected chi connectivity index (χ0v) is 13.7. The van der Waals surface area contributed by atoms with Gasteiger partial charge < -0.3 is 9.84 Å². The van der Waals surface area contributed by atoms with Crippen LogP contribution in [0.2, 0.25) is 0 Å². The fourth-order valence-electron chi connectivity index (χ4n) is 2.41. The number of hydrogen-bond acceptors (Lipinski definition) is 5. The van der Waals surface area contributed by atoms with Crippen LogP contribution in [0.15, 0.2) is 54.6 Å². The minimum atomic E-state index is -0.731. The molecule has 1 saturated heterocycles. The standard InChI is InChI=1S/C18H17NO4S/c20-15(11-23-14-4-2-1-3-5-14)13-8-6-12(7-9-13)10-16-17(21)19-18(22)24-16/h1-9,15-16,20H,10-11H2,(H,19,21,22). The number of imide groups is 1. The number of hydrogen-bond donors (Lipinski definition) is 2. The number of carbonyl (C=O) groups excluding carboxylic acids is 2. The maximum atomic E-state index is 11.6. The number of carbonyl (C=O) groups is 2. The van der Waals surface area contributed by atoms with E-state index in [9.17, 15) is 14.7 Å². The maximum absolute atomic E-state index is 11.6. The van der Waals surface area contributed by atoms with Crippen molar-refractivity contribution in [2.75, 3.05) is 6.61 Å². The maximum Gasteiger partial charge on any atom is 0.286 e. The first kappa shape index (κ1) is 16.5. The quantitative estimate of drug-likeness (QED) is 0.843. The van der Waals surface area contributed by atoms with Crippen LogP contribution in [0, 0.1) is 0 Å². The van der Waals surface area contributed by atoms with Crippen molar-refractivity contribution in [3.63, 3.8) is 0 Å². The predicted molar refractivity (Wildman–Crippen MR) is 92.0 cm³/mol. The lowest BCUT2D eigenvalue weighted by Gasteiger charge is -2.13.